The predicted molar refractivity (Wildman–Crippen MR) is 77.2 cm³/mol. The standard InChI is InChI=1S/C13H20F3N3S/c1-10(8-11-4-3-7-20-11)9-19-12(17-2)18-6-5-13(14,15)16/h3-4,7,10H,5-6,8-9H2,1-2H3,(H2,17,18,19). The summed E-state index contributed by atoms with van der Waals surface area (Å²) >= 11 is 1.71. The van der Waals surface area contributed by atoms with Crippen LogP contribution in [-0.2, 0) is 6.42 Å². The fraction of sp³-hybridized carbons (Fsp3) is 0.615. The van der Waals surface area contributed by atoms with E-state index in [9.17, 15) is 13.2 Å². The Morgan fingerprint density at radius 3 is 2.70 bits per heavy atom. The maximum Gasteiger partial charge on any atom is 0.390 e. The van der Waals surface area contributed by atoms with Crippen molar-refractivity contribution in [3.05, 3.63) is 22.4 Å². The van der Waals surface area contributed by atoms with Crippen LogP contribution in [0.25, 0.3) is 0 Å². The second kappa shape index (κ2) is 8.14. The Balaban J connectivity index is 2.24. The molecule has 0 saturated heterocycles. The van der Waals surface area contributed by atoms with Crippen LogP contribution in [0.15, 0.2) is 22.5 Å². The third-order valence-corrected chi connectivity index (χ3v) is 3.57. The molecule has 2 N–H and O–H groups in total. The molecule has 0 fully saturated rings. The van der Waals surface area contributed by atoms with E-state index in [-0.39, 0.29) is 6.54 Å². The second-order valence-corrected chi connectivity index (χ2v) is 5.67. The van der Waals surface area contributed by atoms with E-state index in [0.29, 0.717) is 18.4 Å². The van der Waals surface area contributed by atoms with Crippen molar-refractivity contribution in [3.8, 4) is 0 Å². The molecule has 7 heteroatoms. The minimum absolute atomic E-state index is 0.164. The highest BCUT2D eigenvalue weighted by Crippen LogP contribution is 2.18. The summed E-state index contributed by atoms with van der Waals surface area (Å²) in [5, 5.41) is 7.74. The van der Waals surface area contributed by atoms with Crippen LogP contribution in [0, 0.1) is 5.92 Å². The quantitative estimate of drug-likeness (QED) is 0.626. The van der Waals surface area contributed by atoms with Crippen molar-refractivity contribution in [2.75, 3.05) is 20.1 Å². The fourth-order valence-electron chi connectivity index (χ4n) is 1.66. The van der Waals surface area contributed by atoms with Gasteiger partial charge in [0.1, 0.15) is 0 Å². The van der Waals surface area contributed by atoms with Crippen molar-refractivity contribution < 1.29 is 13.2 Å². The van der Waals surface area contributed by atoms with Crippen molar-refractivity contribution in [2.45, 2.75) is 25.9 Å². The molecule has 0 aliphatic heterocycles. The number of alkyl halides is 3. The Bertz CT molecular complexity index is 401. The highest BCUT2D eigenvalue weighted by molar-refractivity contribution is 7.09. The molecule has 0 bridgehead atoms. The first-order chi connectivity index (χ1) is 9.40. The molecule has 0 aliphatic rings. The van der Waals surface area contributed by atoms with E-state index < -0.39 is 12.6 Å². The summed E-state index contributed by atoms with van der Waals surface area (Å²) in [6, 6.07) is 4.09. The van der Waals surface area contributed by atoms with Gasteiger partial charge in [-0.05, 0) is 23.8 Å². The molecule has 0 spiro atoms. The first-order valence-corrected chi connectivity index (χ1v) is 7.32. The Morgan fingerprint density at radius 1 is 1.40 bits per heavy atom. The summed E-state index contributed by atoms with van der Waals surface area (Å²) in [6.07, 6.45) is -4.05. The molecule has 0 aliphatic carbocycles. The first kappa shape index (κ1) is 16.8. The lowest BCUT2D eigenvalue weighted by Gasteiger charge is -2.16. The third-order valence-electron chi connectivity index (χ3n) is 2.67. The number of guanidine groups is 1. The smallest absolute Gasteiger partial charge is 0.356 e. The maximum absolute atomic E-state index is 12.0. The van der Waals surface area contributed by atoms with Gasteiger partial charge in [-0.3, -0.25) is 4.99 Å². The van der Waals surface area contributed by atoms with Crippen LogP contribution in [0.2, 0.25) is 0 Å². The second-order valence-electron chi connectivity index (χ2n) is 4.63. The number of aliphatic imine (C=N–C) groups is 1. The van der Waals surface area contributed by atoms with Gasteiger partial charge < -0.3 is 10.6 Å². The summed E-state index contributed by atoms with van der Waals surface area (Å²) in [4.78, 5) is 5.21. The number of rotatable bonds is 6. The van der Waals surface area contributed by atoms with Crippen LogP contribution in [0.3, 0.4) is 0 Å². The van der Waals surface area contributed by atoms with Gasteiger partial charge in [-0.1, -0.05) is 13.0 Å². The van der Waals surface area contributed by atoms with Gasteiger partial charge in [-0.2, -0.15) is 13.2 Å². The van der Waals surface area contributed by atoms with E-state index >= 15 is 0 Å². The van der Waals surface area contributed by atoms with Crippen LogP contribution in [0.5, 0.6) is 0 Å². The molecule has 1 rings (SSSR count). The molecule has 1 unspecified atom stereocenters. The highest BCUT2D eigenvalue weighted by atomic mass is 32.1. The van der Waals surface area contributed by atoms with Gasteiger partial charge in [0.25, 0.3) is 0 Å². The lowest BCUT2D eigenvalue weighted by atomic mass is 10.1. The van der Waals surface area contributed by atoms with Gasteiger partial charge in [-0.25, -0.2) is 0 Å². The zero-order valence-corrected chi connectivity index (χ0v) is 12.4. The molecule has 0 radical (unpaired) electrons. The molecule has 0 amide bonds. The number of hydrogen-bond acceptors (Lipinski definition) is 2. The largest absolute Gasteiger partial charge is 0.390 e. The van der Waals surface area contributed by atoms with Gasteiger partial charge in [0.05, 0.1) is 6.42 Å². The third kappa shape index (κ3) is 7.37. The van der Waals surface area contributed by atoms with Crippen molar-refractivity contribution in [3.63, 3.8) is 0 Å². The average molecular weight is 307 g/mol. The summed E-state index contributed by atoms with van der Waals surface area (Å²) in [5.74, 6) is 0.794. The number of thiophene rings is 1. The summed E-state index contributed by atoms with van der Waals surface area (Å²) in [5.41, 5.74) is 0. The van der Waals surface area contributed by atoms with Crippen molar-refractivity contribution >= 4 is 17.3 Å². The molecule has 1 aromatic heterocycles. The molecule has 1 atom stereocenters. The van der Waals surface area contributed by atoms with Gasteiger partial charge in [0.2, 0.25) is 0 Å². The summed E-state index contributed by atoms with van der Waals surface area (Å²) in [6.45, 7) is 2.60. The SMILES string of the molecule is CN=C(NCCC(F)(F)F)NCC(C)Cc1cccs1. The Hall–Kier alpha value is -1.24. The number of nitrogens with one attached hydrogen (secondary N) is 2. The molecular weight excluding hydrogens is 287 g/mol. The van der Waals surface area contributed by atoms with E-state index in [2.05, 4.69) is 28.6 Å². The Kier molecular flexibility index (Phi) is 6.84. The zero-order valence-electron chi connectivity index (χ0n) is 11.6. The molecule has 3 nitrogen and oxygen atoms in total. The lowest BCUT2D eigenvalue weighted by molar-refractivity contribution is -0.132. The van der Waals surface area contributed by atoms with Crippen molar-refractivity contribution in [1.82, 2.24) is 10.6 Å². The summed E-state index contributed by atoms with van der Waals surface area (Å²) < 4.78 is 36.1. The van der Waals surface area contributed by atoms with Crippen LogP contribution < -0.4 is 10.6 Å². The number of halogens is 3. The van der Waals surface area contributed by atoms with Gasteiger partial charge >= 0.3 is 6.18 Å². The molecule has 20 heavy (non-hydrogen) atoms. The monoisotopic (exact) mass is 307 g/mol. The number of nitrogens with zero attached hydrogens (tertiary/aromatic N) is 1. The Labute approximate surface area is 121 Å². The minimum Gasteiger partial charge on any atom is -0.356 e. The van der Waals surface area contributed by atoms with Gasteiger partial charge in [0, 0.05) is 25.0 Å². The molecule has 114 valence electrons. The zero-order chi connectivity index (χ0) is 15.0. The average Bonchev–Trinajstić information content (AvgIpc) is 2.84. The Morgan fingerprint density at radius 2 is 2.15 bits per heavy atom. The van der Waals surface area contributed by atoms with E-state index in [1.807, 2.05) is 11.4 Å². The molecular formula is C13H20F3N3S. The van der Waals surface area contributed by atoms with Crippen LogP contribution in [0.4, 0.5) is 13.2 Å². The van der Waals surface area contributed by atoms with Gasteiger partial charge in [0.15, 0.2) is 5.96 Å². The minimum atomic E-state index is -4.14. The molecule has 0 aromatic carbocycles. The lowest BCUT2D eigenvalue weighted by Crippen LogP contribution is -2.40. The van der Waals surface area contributed by atoms with Gasteiger partial charge in [-0.15, -0.1) is 11.3 Å². The van der Waals surface area contributed by atoms with E-state index in [0.717, 1.165) is 6.42 Å². The van der Waals surface area contributed by atoms with E-state index in [1.165, 1.54) is 4.88 Å². The van der Waals surface area contributed by atoms with E-state index in [4.69, 9.17) is 0 Å². The highest BCUT2D eigenvalue weighted by Gasteiger charge is 2.26. The number of hydrogen-bond donors (Lipinski definition) is 2. The fourth-order valence-corrected chi connectivity index (χ4v) is 2.53. The maximum atomic E-state index is 12.0. The van der Waals surface area contributed by atoms with Crippen molar-refractivity contribution in [2.24, 2.45) is 10.9 Å². The molecule has 0 saturated carbocycles. The van der Waals surface area contributed by atoms with Crippen LogP contribution >= 0.6 is 11.3 Å². The van der Waals surface area contributed by atoms with E-state index in [1.54, 1.807) is 18.4 Å². The topological polar surface area (TPSA) is 36.4 Å². The van der Waals surface area contributed by atoms with Crippen LogP contribution in [0.1, 0.15) is 18.2 Å². The molecule has 1 aromatic rings. The first-order valence-electron chi connectivity index (χ1n) is 6.44. The predicted octanol–water partition coefficient (Wildman–Crippen LogP) is 3.04. The summed E-state index contributed by atoms with van der Waals surface area (Å²) in [7, 11) is 1.55. The van der Waals surface area contributed by atoms with Crippen molar-refractivity contribution in [1.29, 1.82) is 0 Å². The van der Waals surface area contributed by atoms with Crippen LogP contribution in [-0.4, -0.2) is 32.3 Å². The normalized spacial score (nSPS) is 14.2. The molecule has 1 heterocycles.